The van der Waals surface area contributed by atoms with Crippen LogP contribution in [0.3, 0.4) is 0 Å². The van der Waals surface area contributed by atoms with E-state index in [4.69, 9.17) is 10.5 Å². The topological polar surface area (TPSA) is 67.6 Å². The quantitative estimate of drug-likeness (QED) is 0.631. The molecular weight excluding hydrogens is 274 g/mol. The van der Waals surface area contributed by atoms with Crippen molar-refractivity contribution < 1.29 is 9.53 Å². The van der Waals surface area contributed by atoms with Gasteiger partial charge in [-0.25, -0.2) is 0 Å². The van der Waals surface area contributed by atoms with Crippen molar-refractivity contribution >= 4 is 23.4 Å². The number of nitrogens with one attached hydrogen (secondary N) is 1. The fraction of sp³-hybridized carbons (Fsp3) is 0.500. The van der Waals surface area contributed by atoms with Gasteiger partial charge in [0.1, 0.15) is 5.75 Å². The van der Waals surface area contributed by atoms with E-state index in [1.165, 1.54) is 0 Å². The van der Waals surface area contributed by atoms with Gasteiger partial charge in [-0.1, -0.05) is 0 Å². The molecule has 0 unspecified atom stereocenters. The summed E-state index contributed by atoms with van der Waals surface area (Å²) in [4.78, 5) is 14.9. The molecule has 0 spiro atoms. The Morgan fingerprint density at radius 3 is 2.90 bits per heavy atom. The summed E-state index contributed by atoms with van der Waals surface area (Å²) >= 11 is 1.60. The maximum atomic E-state index is 12.0. The lowest BCUT2D eigenvalue weighted by Gasteiger charge is -2.27. The summed E-state index contributed by atoms with van der Waals surface area (Å²) < 4.78 is 5.18. The van der Waals surface area contributed by atoms with Crippen LogP contribution >= 0.6 is 11.8 Å². The van der Waals surface area contributed by atoms with E-state index in [2.05, 4.69) is 5.32 Å². The zero-order valence-corrected chi connectivity index (χ0v) is 12.5. The Labute approximate surface area is 123 Å². The summed E-state index contributed by atoms with van der Waals surface area (Å²) in [6.07, 6.45) is 0.543. The second kappa shape index (κ2) is 7.40. The summed E-state index contributed by atoms with van der Waals surface area (Å²) in [5, 5.41) is 3.24. The number of rotatable bonds is 5. The van der Waals surface area contributed by atoms with Crippen LogP contribution in [0, 0.1) is 0 Å². The van der Waals surface area contributed by atoms with Crippen molar-refractivity contribution in [2.45, 2.75) is 11.3 Å². The number of carbonyl (C=O) groups excluding carboxylic acids is 1. The van der Waals surface area contributed by atoms with Gasteiger partial charge >= 0.3 is 0 Å². The molecule has 1 aliphatic heterocycles. The number of hydrogen-bond donors (Lipinski definition) is 2. The van der Waals surface area contributed by atoms with Gasteiger partial charge in [0.15, 0.2) is 0 Å². The minimum absolute atomic E-state index is 0.223. The molecule has 2 rings (SSSR count). The lowest BCUT2D eigenvalue weighted by atomic mass is 10.3. The van der Waals surface area contributed by atoms with E-state index in [0.29, 0.717) is 6.42 Å². The van der Waals surface area contributed by atoms with Gasteiger partial charge in [0.05, 0.1) is 7.11 Å². The summed E-state index contributed by atoms with van der Waals surface area (Å²) in [5.41, 5.74) is 6.65. The number of benzene rings is 1. The Morgan fingerprint density at radius 1 is 1.45 bits per heavy atom. The van der Waals surface area contributed by atoms with E-state index in [1.54, 1.807) is 18.9 Å². The third-order valence-corrected chi connectivity index (χ3v) is 4.34. The second-order valence-electron chi connectivity index (χ2n) is 4.63. The number of anilines is 1. The fourth-order valence-corrected chi connectivity index (χ4v) is 3.02. The maximum absolute atomic E-state index is 12.0. The Balaban J connectivity index is 1.81. The average Bonchev–Trinajstić information content (AvgIpc) is 2.50. The van der Waals surface area contributed by atoms with Gasteiger partial charge in [-0.3, -0.25) is 4.79 Å². The number of ether oxygens (including phenoxy) is 1. The number of nitrogen functional groups attached to an aromatic ring is 1. The van der Waals surface area contributed by atoms with Gasteiger partial charge in [-0.15, -0.1) is 11.8 Å². The third kappa shape index (κ3) is 4.05. The van der Waals surface area contributed by atoms with Crippen LogP contribution in [0.2, 0.25) is 0 Å². The van der Waals surface area contributed by atoms with Gasteiger partial charge in [-0.2, -0.15) is 0 Å². The number of methoxy groups -OCH3 is 1. The molecule has 1 amide bonds. The number of nitrogens with two attached hydrogens (primary N) is 1. The molecule has 1 heterocycles. The third-order valence-electron chi connectivity index (χ3n) is 3.26. The van der Waals surface area contributed by atoms with Crippen molar-refractivity contribution in [3.63, 3.8) is 0 Å². The van der Waals surface area contributed by atoms with Gasteiger partial charge in [0.2, 0.25) is 5.91 Å². The zero-order chi connectivity index (χ0) is 14.4. The first-order valence-electron chi connectivity index (χ1n) is 6.75. The Bertz CT molecular complexity index is 462. The van der Waals surface area contributed by atoms with Crippen LogP contribution in [0.1, 0.15) is 6.42 Å². The molecule has 20 heavy (non-hydrogen) atoms. The van der Waals surface area contributed by atoms with Crippen LogP contribution < -0.4 is 15.8 Å². The predicted molar refractivity (Wildman–Crippen MR) is 82.2 cm³/mol. The molecule has 0 saturated carbocycles. The predicted octanol–water partition coefficient (Wildman–Crippen LogP) is 1.19. The molecule has 0 aromatic heterocycles. The Kier molecular flexibility index (Phi) is 5.55. The molecule has 6 heteroatoms. The molecule has 0 atom stereocenters. The van der Waals surface area contributed by atoms with Crippen molar-refractivity contribution in [3.05, 3.63) is 18.2 Å². The molecule has 1 aliphatic rings. The lowest BCUT2D eigenvalue weighted by Crippen LogP contribution is -2.46. The highest BCUT2D eigenvalue weighted by Crippen LogP contribution is 2.29. The summed E-state index contributed by atoms with van der Waals surface area (Å²) in [7, 11) is 1.63. The SMILES string of the molecule is COc1ccc(N)c(SCCC(=O)N2CCNCC2)c1. The molecule has 0 bridgehead atoms. The van der Waals surface area contributed by atoms with E-state index in [-0.39, 0.29) is 5.91 Å². The van der Waals surface area contributed by atoms with Crippen molar-refractivity contribution in [2.24, 2.45) is 0 Å². The van der Waals surface area contributed by atoms with Crippen LogP contribution in [-0.4, -0.2) is 49.8 Å². The molecule has 1 aromatic carbocycles. The first-order chi connectivity index (χ1) is 9.70. The number of amides is 1. The van der Waals surface area contributed by atoms with Crippen molar-refractivity contribution in [2.75, 3.05) is 44.8 Å². The van der Waals surface area contributed by atoms with Crippen LogP contribution in [0.5, 0.6) is 5.75 Å². The molecule has 0 aliphatic carbocycles. The Hall–Kier alpha value is -1.40. The largest absolute Gasteiger partial charge is 0.497 e. The highest BCUT2D eigenvalue weighted by atomic mass is 32.2. The Morgan fingerprint density at radius 2 is 2.20 bits per heavy atom. The summed E-state index contributed by atoms with van der Waals surface area (Å²) in [6.45, 7) is 3.40. The summed E-state index contributed by atoms with van der Waals surface area (Å²) in [5.74, 6) is 1.75. The molecular formula is C14H21N3O2S. The maximum Gasteiger partial charge on any atom is 0.223 e. The first-order valence-corrected chi connectivity index (χ1v) is 7.74. The van der Waals surface area contributed by atoms with Gasteiger partial charge in [-0.05, 0) is 18.2 Å². The van der Waals surface area contributed by atoms with E-state index < -0.39 is 0 Å². The van der Waals surface area contributed by atoms with E-state index >= 15 is 0 Å². The average molecular weight is 295 g/mol. The number of nitrogens with zero attached hydrogens (tertiary/aromatic N) is 1. The molecule has 0 radical (unpaired) electrons. The molecule has 1 aromatic rings. The van der Waals surface area contributed by atoms with Crippen molar-refractivity contribution in [3.8, 4) is 5.75 Å². The van der Waals surface area contributed by atoms with Crippen LogP contribution in [0.4, 0.5) is 5.69 Å². The van der Waals surface area contributed by atoms with Gasteiger partial charge < -0.3 is 20.7 Å². The minimum atomic E-state index is 0.223. The minimum Gasteiger partial charge on any atom is -0.497 e. The number of carbonyl (C=O) groups is 1. The van der Waals surface area contributed by atoms with Crippen molar-refractivity contribution in [1.29, 1.82) is 0 Å². The first kappa shape index (κ1) is 15.0. The monoisotopic (exact) mass is 295 g/mol. The van der Waals surface area contributed by atoms with E-state index in [9.17, 15) is 4.79 Å². The standard InChI is InChI=1S/C14H21N3O2S/c1-19-11-2-3-12(15)13(10-11)20-9-4-14(18)17-7-5-16-6-8-17/h2-3,10,16H,4-9,15H2,1H3. The smallest absolute Gasteiger partial charge is 0.223 e. The number of thioether (sulfide) groups is 1. The highest BCUT2D eigenvalue weighted by Gasteiger charge is 2.15. The van der Waals surface area contributed by atoms with Gasteiger partial charge in [0.25, 0.3) is 0 Å². The molecule has 1 fully saturated rings. The van der Waals surface area contributed by atoms with Crippen LogP contribution in [-0.2, 0) is 4.79 Å². The normalized spacial score (nSPS) is 15.2. The van der Waals surface area contributed by atoms with E-state index in [1.807, 2.05) is 23.1 Å². The van der Waals surface area contributed by atoms with E-state index in [0.717, 1.165) is 48.3 Å². The molecule has 3 N–H and O–H groups in total. The lowest BCUT2D eigenvalue weighted by molar-refractivity contribution is -0.131. The second-order valence-corrected chi connectivity index (χ2v) is 5.77. The molecule has 5 nitrogen and oxygen atoms in total. The molecule has 1 saturated heterocycles. The number of piperazine rings is 1. The summed E-state index contributed by atoms with van der Waals surface area (Å²) in [6, 6.07) is 5.58. The highest BCUT2D eigenvalue weighted by molar-refractivity contribution is 7.99. The number of hydrogen-bond acceptors (Lipinski definition) is 5. The van der Waals surface area contributed by atoms with Crippen LogP contribution in [0.25, 0.3) is 0 Å². The molecule has 110 valence electrons. The van der Waals surface area contributed by atoms with Crippen LogP contribution in [0.15, 0.2) is 23.1 Å². The van der Waals surface area contributed by atoms with Crippen molar-refractivity contribution in [1.82, 2.24) is 10.2 Å². The fourth-order valence-electron chi connectivity index (χ4n) is 2.09. The zero-order valence-electron chi connectivity index (χ0n) is 11.7. The van der Waals surface area contributed by atoms with Gasteiger partial charge in [0, 0.05) is 48.9 Å².